The number of aryl methyl sites for hydroxylation is 1. The van der Waals surface area contributed by atoms with Crippen molar-refractivity contribution in [1.29, 1.82) is 0 Å². The Hall–Kier alpha value is -1.64. The van der Waals surface area contributed by atoms with Crippen molar-refractivity contribution in [2.45, 2.75) is 20.3 Å². The maximum Gasteiger partial charge on any atom is 0.227 e. The minimum absolute atomic E-state index is 0.0454. The third-order valence-electron chi connectivity index (χ3n) is 3.05. The number of rotatable bonds is 2. The van der Waals surface area contributed by atoms with Gasteiger partial charge in [0.25, 0.3) is 0 Å². The highest BCUT2D eigenvalue weighted by atomic mass is 16.2. The summed E-state index contributed by atoms with van der Waals surface area (Å²) in [6, 6.07) is 7.80. The van der Waals surface area contributed by atoms with Gasteiger partial charge in [0.1, 0.15) is 5.78 Å². The van der Waals surface area contributed by atoms with Gasteiger partial charge in [0.2, 0.25) is 5.91 Å². The van der Waals surface area contributed by atoms with Gasteiger partial charge in [-0.15, -0.1) is 0 Å². The fourth-order valence-corrected chi connectivity index (χ4v) is 1.95. The lowest BCUT2D eigenvalue weighted by Gasteiger charge is -2.16. The molecule has 1 aliphatic heterocycles. The van der Waals surface area contributed by atoms with Crippen LogP contribution in [0.25, 0.3) is 0 Å². The Balaban J connectivity index is 2.20. The molecule has 1 heterocycles. The van der Waals surface area contributed by atoms with E-state index in [0.717, 1.165) is 5.69 Å². The average molecular weight is 217 g/mol. The van der Waals surface area contributed by atoms with Crippen LogP contribution >= 0.6 is 0 Å². The maximum atomic E-state index is 11.7. The summed E-state index contributed by atoms with van der Waals surface area (Å²) in [4.78, 5) is 24.7. The van der Waals surface area contributed by atoms with Gasteiger partial charge < -0.3 is 4.90 Å². The van der Waals surface area contributed by atoms with Crippen molar-refractivity contribution >= 4 is 17.4 Å². The van der Waals surface area contributed by atoms with E-state index in [0.29, 0.717) is 13.0 Å². The summed E-state index contributed by atoms with van der Waals surface area (Å²) in [5.41, 5.74) is 2.05. The van der Waals surface area contributed by atoms with Crippen molar-refractivity contribution in [2.75, 3.05) is 11.4 Å². The molecule has 1 unspecified atom stereocenters. The van der Waals surface area contributed by atoms with Gasteiger partial charge in [-0.05, 0) is 26.0 Å². The standard InChI is InChI=1S/C13H15NO2/c1-9-3-5-12(6-4-9)14-8-11(10(2)15)7-13(14)16/h3-6,11H,7-8H2,1-2H3. The number of nitrogens with zero attached hydrogens (tertiary/aromatic N) is 1. The molecule has 16 heavy (non-hydrogen) atoms. The first-order valence-electron chi connectivity index (χ1n) is 5.45. The molecule has 0 aliphatic carbocycles. The van der Waals surface area contributed by atoms with E-state index < -0.39 is 0 Å². The van der Waals surface area contributed by atoms with Crippen LogP contribution in [0.15, 0.2) is 24.3 Å². The van der Waals surface area contributed by atoms with Crippen LogP contribution in [0, 0.1) is 12.8 Å². The van der Waals surface area contributed by atoms with Crippen LogP contribution in [0.4, 0.5) is 5.69 Å². The number of anilines is 1. The Kier molecular flexibility index (Phi) is 2.77. The van der Waals surface area contributed by atoms with Crippen LogP contribution in [0.5, 0.6) is 0 Å². The van der Waals surface area contributed by atoms with E-state index in [1.54, 1.807) is 11.8 Å². The number of carbonyl (C=O) groups is 2. The smallest absolute Gasteiger partial charge is 0.227 e. The molecular weight excluding hydrogens is 202 g/mol. The third-order valence-corrected chi connectivity index (χ3v) is 3.05. The highest BCUT2D eigenvalue weighted by molar-refractivity contribution is 6.00. The number of carbonyl (C=O) groups excluding carboxylic acids is 2. The molecule has 3 heteroatoms. The van der Waals surface area contributed by atoms with Gasteiger partial charge in [0.15, 0.2) is 0 Å². The lowest BCUT2D eigenvalue weighted by atomic mass is 10.1. The highest BCUT2D eigenvalue weighted by Gasteiger charge is 2.32. The molecule has 1 atom stereocenters. The number of hydrogen-bond donors (Lipinski definition) is 0. The molecule has 1 fully saturated rings. The molecule has 84 valence electrons. The highest BCUT2D eigenvalue weighted by Crippen LogP contribution is 2.25. The minimum atomic E-state index is -0.131. The van der Waals surface area contributed by atoms with Gasteiger partial charge in [0, 0.05) is 24.6 Å². The van der Waals surface area contributed by atoms with E-state index in [1.165, 1.54) is 5.56 Å². The molecule has 1 amide bonds. The summed E-state index contributed by atoms with van der Waals surface area (Å²) in [6.07, 6.45) is 0.350. The first kappa shape index (κ1) is 10.9. The fraction of sp³-hybridized carbons (Fsp3) is 0.385. The SMILES string of the molecule is CC(=O)C1CC(=O)N(c2ccc(C)cc2)C1. The molecule has 0 bridgehead atoms. The summed E-state index contributed by atoms with van der Waals surface area (Å²) in [5, 5.41) is 0. The lowest BCUT2D eigenvalue weighted by Crippen LogP contribution is -2.25. The molecule has 0 N–H and O–H groups in total. The zero-order valence-electron chi connectivity index (χ0n) is 9.56. The average Bonchev–Trinajstić information content (AvgIpc) is 2.62. The Morgan fingerprint density at radius 2 is 1.94 bits per heavy atom. The van der Waals surface area contributed by atoms with Crippen molar-refractivity contribution in [3.63, 3.8) is 0 Å². The zero-order chi connectivity index (χ0) is 11.7. The molecule has 1 saturated heterocycles. The van der Waals surface area contributed by atoms with E-state index in [2.05, 4.69) is 0 Å². The third kappa shape index (κ3) is 1.98. The predicted molar refractivity (Wildman–Crippen MR) is 62.3 cm³/mol. The second-order valence-corrected chi connectivity index (χ2v) is 4.35. The first-order chi connectivity index (χ1) is 7.58. The second kappa shape index (κ2) is 4.08. The molecular formula is C13H15NO2. The minimum Gasteiger partial charge on any atom is -0.312 e. The monoisotopic (exact) mass is 217 g/mol. The van der Waals surface area contributed by atoms with Crippen molar-refractivity contribution in [3.05, 3.63) is 29.8 Å². The van der Waals surface area contributed by atoms with Crippen LogP contribution in [0.3, 0.4) is 0 Å². The molecule has 2 rings (SSSR count). The Morgan fingerprint density at radius 3 is 2.44 bits per heavy atom. The van der Waals surface area contributed by atoms with Crippen LogP contribution < -0.4 is 4.90 Å². The predicted octanol–water partition coefficient (Wildman–Crippen LogP) is 1.94. The van der Waals surface area contributed by atoms with Crippen molar-refractivity contribution < 1.29 is 9.59 Å². The van der Waals surface area contributed by atoms with Crippen LogP contribution in [-0.4, -0.2) is 18.2 Å². The first-order valence-corrected chi connectivity index (χ1v) is 5.45. The molecule has 3 nitrogen and oxygen atoms in total. The van der Waals surface area contributed by atoms with E-state index >= 15 is 0 Å². The zero-order valence-corrected chi connectivity index (χ0v) is 9.56. The number of Topliss-reactive ketones (excluding diaryl/α,β-unsaturated/α-hetero) is 1. The summed E-state index contributed by atoms with van der Waals surface area (Å²) >= 11 is 0. The van der Waals surface area contributed by atoms with Crippen LogP contribution in [0.2, 0.25) is 0 Å². The number of benzene rings is 1. The van der Waals surface area contributed by atoms with E-state index in [9.17, 15) is 9.59 Å². The van der Waals surface area contributed by atoms with Crippen molar-refractivity contribution in [2.24, 2.45) is 5.92 Å². The summed E-state index contributed by atoms with van der Waals surface area (Å²) in [7, 11) is 0. The number of amides is 1. The molecule has 1 aromatic carbocycles. The quantitative estimate of drug-likeness (QED) is 0.759. The van der Waals surface area contributed by atoms with Gasteiger partial charge in [-0.3, -0.25) is 9.59 Å². The summed E-state index contributed by atoms with van der Waals surface area (Å²) in [6.45, 7) is 4.09. The molecule has 0 radical (unpaired) electrons. The lowest BCUT2D eigenvalue weighted by molar-refractivity contribution is -0.123. The molecule has 1 aromatic rings. The Bertz CT molecular complexity index is 422. The van der Waals surface area contributed by atoms with Crippen molar-refractivity contribution in [1.82, 2.24) is 0 Å². The largest absolute Gasteiger partial charge is 0.312 e. The topological polar surface area (TPSA) is 37.4 Å². The molecule has 1 aliphatic rings. The summed E-state index contributed by atoms with van der Waals surface area (Å²) < 4.78 is 0. The molecule has 0 spiro atoms. The van der Waals surface area contributed by atoms with Crippen molar-refractivity contribution in [3.8, 4) is 0 Å². The van der Waals surface area contributed by atoms with Gasteiger partial charge in [-0.1, -0.05) is 17.7 Å². The molecule has 0 aromatic heterocycles. The second-order valence-electron chi connectivity index (χ2n) is 4.35. The number of hydrogen-bond acceptors (Lipinski definition) is 2. The van der Waals surface area contributed by atoms with E-state index in [4.69, 9.17) is 0 Å². The Morgan fingerprint density at radius 1 is 1.31 bits per heavy atom. The maximum absolute atomic E-state index is 11.7. The van der Waals surface area contributed by atoms with Gasteiger partial charge in [-0.25, -0.2) is 0 Å². The Labute approximate surface area is 95.1 Å². The van der Waals surface area contributed by atoms with Crippen LogP contribution in [0.1, 0.15) is 18.9 Å². The fourth-order valence-electron chi connectivity index (χ4n) is 1.95. The number of ketones is 1. The van der Waals surface area contributed by atoms with Gasteiger partial charge in [0.05, 0.1) is 0 Å². The summed E-state index contributed by atoms with van der Waals surface area (Å²) in [5.74, 6) is 0.0146. The van der Waals surface area contributed by atoms with E-state index in [-0.39, 0.29) is 17.6 Å². The van der Waals surface area contributed by atoms with Gasteiger partial charge in [-0.2, -0.15) is 0 Å². The molecule has 0 saturated carbocycles. The van der Waals surface area contributed by atoms with Gasteiger partial charge >= 0.3 is 0 Å². The van der Waals surface area contributed by atoms with E-state index in [1.807, 2.05) is 31.2 Å². The normalized spacial score (nSPS) is 20.2. The van der Waals surface area contributed by atoms with Crippen LogP contribution in [-0.2, 0) is 9.59 Å².